The second kappa shape index (κ2) is 8.62. The van der Waals surface area contributed by atoms with E-state index in [1.807, 2.05) is 6.07 Å². The first-order valence-electron chi connectivity index (χ1n) is 9.05. The van der Waals surface area contributed by atoms with Gasteiger partial charge in [0.25, 0.3) is 5.91 Å². The molecule has 5 heteroatoms. The number of benzene rings is 1. The molecule has 3 rings (SSSR count). The molecule has 138 valence electrons. The minimum absolute atomic E-state index is 0.0418. The summed E-state index contributed by atoms with van der Waals surface area (Å²) in [4.78, 5) is 16.5. The lowest BCUT2D eigenvalue weighted by atomic mass is 9.95. The summed E-state index contributed by atoms with van der Waals surface area (Å²) in [5.41, 5.74) is 5.09. The van der Waals surface area contributed by atoms with Gasteiger partial charge in [-0.2, -0.15) is 0 Å². The molecule has 1 heterocycles. The minimum atomic E-state index is -0.0990. The van der Waals surface area contributed by atoms with Crippen LogP contribution in [0.2, 0.25) is 0 Å². The molecular formula is C21H26N2O2S. The standard InChI is InChI=1S/C21H26N2O2S/c1-23(2)12-5-8-17-16-7-4-3-6-15(16)9-10-19-18(17)14-20(26-19)21(25)22-11-13-24/h3-4,6-8,14,24H,5,9-13H2,1-2H3,(H,22,25)/b17-8+. The van der Waals surface area contributed by atoms with Gasteiger partial charge in [0.2, 0.25) is 0 Å². The summed E-state index contributed by atoms with van der Waals surface area (Å²) in [6.07, 6.45) is 5.23. The van der Waals surface area contributed by atoms with E-state index in [2.05, 4.69) is 54.7 Å². The number of aliphatic hydroxyl groups excluding tert-OH is 1. The van der Waals surface area contributed by atoms with Crippen LogP contribution >= 0.6 is 11.3 Å². The quantitative estimate of drug-likeness (QED) is 0.822. The number of aryl methyl sites for hydroxylation is 2. The molecule has 0 spiro atoms. The molecular weight excluding hydrogens is 344 g/mol. The number of nitrogens with one attached hydrogen (secondary N) is 1. The molecule has 2 N–H and O–H groups in total. The molecule has 0 unspecified atom stereocenters. The topological polar surface area (TPSA) is 52.6 Å². The Balaban J connectivity index is 1.99. The molecule has 0 atom stereocenters. The number of aliphatic hydroxyl groups is 1. The number of carbonyl (C=O) groups excluding carboxylic acids is 1. The van der Waals surface area contributed by atoms with Crippen molar-refractivity contribution in [2.45, 2.75) is 19.3 Å². The highest BCUT2D eigenvalue weighted by molar-refractivity contribution is 7.14. The van der Waals surface area contributed by atoms with Gasteiger partial charge in [-0.25, -0.2) is 0 Å². The van der Waals surface area contributed by atoms with E-state index in [0.717, 1.165) is 30.7 Å². The molecule has 2 aromatic rings. The van der Waals surface area contributed by atoms with Gasteiger partial charge in [0, 0.05) is 18.0 Å². The molecule has 1 aliphatic carbocycles. The molecule has 4 nitrogen and oxygen atoms in total. The van der Waals surface area contributed by atoms with Gasteiger partial charge in [-0.3, -0.25) is 4.79 Å². The molecule has 0 radical (unpaired) electrons. The summed E-state index contributed by atoms with van der Waals surface area (Å²) in [6.45, 7) is 1.24. The van der Waals surface area contributed by atoms with Crippen molar-refractivity contribution in [2.24, 2.45) is 0 Å². The number of fused-ring (bicyclic) bond motifs is 2. The van der Waals surface area contributed by atoms with Crippen LogP contribution in [0.5, 0.6) is 0 Å². The van der Waals surface area contributed by atoms with E-state index in [1.54, 1.807) is 11.3 Å². The number of carbonyl (C=O) groups is 1. The highest BCUT2D eigenvalue weighted by Gasteiger charge is 2.22. The minimum Gasteiger partial charge on any atom is -0.395 e. The zero-order valence-electron chi connectivity index (χ0n) is 15.4. The maximum atomic E-state index is 12.3. The third-order valence-electron chi connectivity index (χ3n) is 4.57. The van der Waals surface area contributed by atoms with E-state index in [0.29, 0.717) is 0 Å². The average molecular weight is 371 g/mol. The average Bonchev–Trinajstić information content (AvgIpc) is 3.00. The fourth-order valence-corrected chi connectivity index (χ4v) is 4.38. The van der Waals surface area contributed by atoms with Gasteiger partial charge in [0.05, 0.1) is 11.5 Å². The van der Waals surface area contributed by atoms with Gasteiger partial charge in [0.1, 0.15) is 0 Å². The Morgan fingerprint density at radius 3 is 2.85 bits per heavy atom. The lowest BCUT2D eigenvalue weighted by Crippen LogP contribution is -2.25. The van der Waals surface area contributed by atoms with Crippen LogP contribution in [0.15, 0.2) is 36.4 Å². The second-order valence-electron chi connectivity index (χ2n) is 6.79. The lowest BCUT2D eigenvalue weighted by Gasteiger charge is -2.12. The van der Waals surface area contributed by atoms with Crippen LogP contribution < -0.4 is 5.32 Å². The van der Waals surface area contributed by atoms with Crippen LogP contribution in [0.3, 0.4) is 0 Å². The van der Waals surface area contributed by atoms with Crippen LogP contribution in [-0.4, -0.2) is 49.7 Å². The van der Waals surface area contributed by atoms with Gasteiger partial charge in [-0.15, -0.1) is 11.3 Å². The second-order valence-corrected chi connectivity index (χ2v) is 7.93. The Bertz CT molecular complexity index is 808. The normalized spacial score (nSPS) is 14.8. The first-order chi connectivity index (χ1) is 12.6. The van der Waals surface area contributed by atoms with Crippen molar-refractivity contribution >= 4 is 22.8 Å². The first-order valence-corrected chi connectivity index (χ1v) is 9.87. The van der Waals surface area contributed by atoms with Gasteiger partial charge < -0.3 is 15.3 Å². The van der Waals surface area contributed by atoms with Crippen LogP contribution in [0.4, 0.5) is 0 Å². The van der Waals surface area contributed by atoms with Crippen LogP contribution in [0.25, 0.3) is 5.57 Å². The van der Waals surface area contributed by atoms with E-state index < -0.39 is 0 Å². The van der Waals surface area contributed by atoms with E-state index in [-0.39, 0.29) is 19.1 Å². The smallest absolute Gasteiger partial charge is 0.261 e. The number of nitrogens with zero attached hydrogens (tertiary/aromatic N) is 1. The zero-order valence-corrected chi connectivity index (χ0v) is 16.2. The third-order valence-corrected chi connectivity index (χ3v) is 5.77. The number of thiophene rings is 1. The predicted octanol–water partition coefficient (Wildman–Crippen LogP) is 2.95. The van der Waals surface area contributed by atoms with Crippen LogP contribution in [0.1, 0.15) is 37.7 Å². The summed E-state index contributed by atoms with van der Waals surface area (Å²) in [7, 11) is 4.17. The maximum Gasteiger partial charge on any atom is 0.261 e. The monoisotopic (exact) mass is 370 g/mol. The van der Waals surface area contributed by atoms with Crippen LogP contribution in [0, 0.1) is 0 Å². The van der Waals surface area contributed by atoms with Gasteiger partial charge >= 0.3 is 0 Å². The summed E-state index contributed by atoms with van der Waals surface area (Å²) < 4.78 is 0. The number of hydrogen-bond donors (Lipinski definition) is 2. The molecule has 1 aromatic carbocycles. The Labute approximate surface area is 159 Å². The van der Waals surface area contributed by atoms with E-state index in [9.17, 15) is 4.79 Å². The summed E-state index contributed by atoms with van der Waals surface area (Å²) >= 11 is 1.58. The van der Waals surface area contributed by atoms with Gasteiger partial charge in [-0.1, -0.05) is 30.3 Å². The number of hydrogen-bond acceptors (Lipinski definition) is 4. The van der Waals surface area contributed by atoms with Gasteiger partial charge in [0.15, 0.2) is 0 Å². The molecule has 0 bridgehead atoms. The van der Waals surface area contributed by atoms with E-state index in [4.69, 9.17) is 5.11 Å². The Hall–Kier alpha value is -1.95. The van der Waals surface area contributed by atoms with Crippen molar-refractivity contribution in [3.05, 3.63) is 62.9 Å². The SMILES string of the molecule is CN(C)CC/C=C1\c2ccccc2CCc2sc(C(=O)NCCO)cc21. The van der Waals surface area contributed by atoms with Crippen molar-refractivity contribution in [3.8, 4) is 0 Å². The van der Waals surface area contributed by atoms with Crippen molar-refractivity contribution in [1.29, 1.82) is 0 Å². The molecule has 26 heavy (non-hydrogen) atoms. The summed E-state index contributed by atoms with van der Waals surface area (Å²) in [5.74, 6) is -0.0990. The predicted molar refractivity (Wildman–Crippen MR) is 108 cm³/mol. The molecule has 0 fully saturated rings. The largest absolute Gasteiger partial charge is 0.395 e. The first kappa shape index (κ1) is 18.8. The van der Waals surface area contributed by atoms with Crippen molar-refractivity contribution in [2.75, 3.05) is 33.8 Å². The molecule has 1 aliphatic rings. The maximum absolute atomic E-state index is 12.3. The molecule has 1 aromatic heterocycles. The third kappa shape index (κ3) is 4.23. The zero-order chi connectivity index (χ0) is 18.5. The Kier molecular flexibility index (Phi) is 6.25. The number of amides is 1. The molecule has 0 saturated carbocycles. The fraction of sp³-hybridized carbons (Fsp3) is 0.381. The molecule has 0 saturated heterocycles. The highest BCUT2D eigenvalue weighted by Crippen LogP contribution is 2.38. The van der Waals surface area contributed by atoms with E-state index >= 15 is 0 Å². The van der Waals surface area contributed by atoms with E-state index in [1.165, 1.54) is 27.1 Å². The molecule has 0 aliphatic heterocycles. The summed E-state index contributed by atoms with van der Waals surface area (Å²) in [6, 6.07) is 10.6. The lowest BCUT2D eigenvalue weighted by molar-refractivity contribution is 0.0949. The highest BCUT2D eigenvalue weighted by atomic mass is 32.1. The van der Waals surface area contributed by atoms with Crippen molar-refractivity contribution in [1.82, 2.24) is 10.2 Å². The van der Waals surface area contributed by atoms with Crippen molar-refractivity contribution < 1.29 is 9.90 Å². The van der Waals surface area contributed by atoms with Crippen molar-refractivity contribution in [3.63, 3.8) is 0 Å². The van der Waals surface area contributed by atoms with Gasteiger partial charge in [-0.05, 0) is 61.7 Å². The van der Waals surface area contributed by atoms with Crippen LogP contribution in [-0.2, 0) is 12.8 Å². The Morgan fingerprint density at radius 1 is 1.27 bits per heavy atom. The summed E-state index contributed by atoms with van der Waals surface area (Å²) in [5, 5.41) is 11.7. The fourth-order valence-electron chi connectivity index (χ4n) is 3.29. The molecule has 1 amide bonds. The number of rotatable bonds is 6. The Morgan fingerprint density at radius 2 is 2.08 bits per heavy atom.